The number of aliphatic hydroxyl groups is 1. The molecule has 0 radical (unpaired) electrons. The molecule has 5 rings (SSSR count). The zero-order chi connectivity index (χ0) is 32.1. The van der Waals surface area contributed by atoms with E-state index < -0.39 is 28.7 Å². The normalized spacial score (nSPS) is 29.8. The largest absolute Gasteiger partial charge is 0.394 e. The van der Waals surface area contributed by atoms with Gasteiger partial charge in [0.1, 0.15) is 6.04 Å². The van der Waals surface area contributed by atoms with E-state index >= 15 is 0 Å². The number of aliphatic hydroxyl groups excluding tert-OH is 1. The van der Waals surface area contributed by atoms with Crippen molar-refractivity contribution >= 4 is 29.5 Å². The van der Waals surface area contributed by atoms with Crippen molar-refractivity contribution in [3.63, 3.8) is 0 Å². The molecule has 10 heteroatoms. The molecule has 1 aromatic rings. The minimum atomic E-state index is -0.790. The summed E-state index contributed by atoms with van der Waals surface area (Å²) in [4.78, 5) is 51.7. The first-order valence-electron chi connectivity index (χ1n) is 16.6. The highest BCUT2D eigenvalue weighted by molar-refractivity contribution is 8.02. The first-order chi connectivity index (χ1) is 21.8. The molecular weight excluding hydrogens is 588 g/mol. The highest BCUT2D eigenvalue weighted by atomic mass is 32.2. The lowest BCUT2D eigenvalue weighted by Crippen LogP contribution is -2.60. The molecule has 4 saturated heterocycles. The average Bonchev–Trinajstić information content (AvgIpc) is 3.65. The van der Waals surface area contributed by atoms with Gasteiger partial charge < -0.3 is 24.5 Å². The van der Waals surface area contributed by atoms with Crippen LogP contribution in [0.15, 0.2) is 55.6 Å². The highest BCUT2D eigenvalue weighted by Crippen LogP contribution is 2.69. The molecule has 4 fully saturated rings. The van der Waals surface area contributed by atoms with Gasteiger partial charge >= 0.3 is 0 Å². The summed E-state index contributed by atoms with van der Waals surface area (Å²) in [6.45, 7) is 17.3. The van der Waals surface area contributed by atoms with Gasteiger partial charge in [0.25, 0.3) is 0 Å². The van der Waals surface area contributed by atoms with E-state index in [1.54, 1.807) is 28.8 Å². The number of nitrogens with zero attached hydrogens (tertiary/aromatic N) is 4. The van der Waals surface area contributed by atoms with E-state index in [1.165, 1.54) is 0 Å². The Balaban J connectivity index is 1.54. The second kappa shape index (κ2) is 14.8. The Bertz CT molecular complexity index is 1230. The van der Waals surface area contributed by atoms with Crippen LogP contribution < -0.4 is 0 Å². The van der Waals surface area contributed by atoms with Crippen molar-refractivity contribution in [3.05, 3.63) is 61.2 Å². The number of carbonyl (C=O) groups is 3. The number of morpholine rings is 1. The number of hydrogen-bond acceptors (Lipinski definition) is 7. The van der Waals surface area contributed by atoms with E-state index in [9.17, 15) is 19.5 Å². The molecule has 2 bridgehead atoms. The third-order valence-electron chi connectivity index (χ3n) is 10.2. The van der Waals surface area contributed by atoms with Crippen molar-refractivity contribution in [2.45, 2.75) is 55.2 Å². The molecule has 3 amide bonds. The van der Waals surface area contributed by atoms with Gasteiger partial charge in [-0.25, -0.2) is 0 Å². The first kappa shape index (κ1) is 33.7. The van der Waals surface area contributed by atoms with Gasteiger partial charge in [-0.05, 0) is 30.7 Å². The number of carbonyl (C=O) groups excluding carboxylic acids is 3. The fraction of sp³-hybridized carbons (Fsp3) is 0.629. The van der Waals surface area contributed by atoms with Crippen molar-refractivity contribution in [1.29, 1.82) is 0 Å². The first-order valence-corrected chi connectivity index (χ1v) is 17.4. The number of hydrogen-bond donors (Lipinski definition) is 1. The van der Waals surface area contributed by atoms with Crippen LogP contribution in [-0.4, -0.2) is 130 Å². The van der Waals surface area contributed by atoms with Gasteiger partial charge in [-0.3, -0.25) is 19.3 Å². The minimum absolute atomic E-state index is 0.0201. The van der Waals surface area contributed by atoms with Gasteiger partial charge in [0.15, 0.2) is 0 Å². The summed E-state index contributed by atoms with van der Waals surface area (Å²) in [5, 5.41) is 10.8. The Morgan fingerprint density at radius 3 is 2.40 bits per heavy atom. The van der Waals surface area contributed by atoms with Crippen LogP contribution in [0.3, 0.4) is 0 Å². The van der Waals surface area contributed by atoms with E-state index in [4.69, 9.17) is 4.74 Å². The van der Waals surface area contributed by atoms with Crippen LogP contribution in [0, 0.1) is 17.8 Å². The summed E-state index contributed by atoms with van der Waals surface area (Å²) in [6.07, 6.45) is 5.48. The summed E-state index contributed by atoms with van der Waals surface area (Å²) >= 11 is 1.69. The lowest BCUT2D eigenvalue weighted by molar-refractivity contribution is -0.147. The number of benzene rings is 1. The van der Waals surface area contributed by atoms with E-state index in [1.807, 2.05) is 47.1 Å². The number of fused-ring (bicyclic) bond motifs is 1. The molecule has 4 aliphatic heterocycles. The summed E-state index contributed by atoms with van der Waals surface area (Å²) in [5.74, 6) is -1.41. The van der Waals surface area contributed by atoms with Gasteiger partial charge in [0.2, 0.25) is 17.7 Å². The minimum Gasteiger partial charge on any atom is -0.394 e. The molecule has 1 aromatic carbocycles. The third kappa shape index (κ3) is 6.35. The average molecular weight is 639 g/mol. The Morgan fingerprint density at radius 1 is 1.11 bits per heavy atom. The SMILES string of the molecule is C=CCN(CCN1CCOCC1)C(=O)C1N([C@@H](CO)Cc2ccccc2)C(=O)[C@@H]2[C@H](C(=O)N(CC=C)CCC)[C@@H]3CC(C)C12S3. The zero-order valence-corrected chi connectivity index (χ0v) is 27.7. The van der Waals surface area contributed by atoms with E-state index in [2.05, 4.69) is 25.0 Å². The quantitative estimate of drug-likeness (QED) is 0.296. The lowest BCUT2D eigenvalue weighted by atomic mass is 9.65. The summed E-state index contributed by atoms with van der Waals surface area (Å²) in [6, 6.07) is 8.41. The predicted octanol–water partition coefficient (Wildman–Crippen LogP) is 2.70. The zero-order valence-electron chi connectivity index (χ0n) is 26.9. The van der Waals surface area contributed by atoms with Gasteiger partial charge in [0, 0.05) is 51.1 Å². The van der Waals surface area contributed by atoms with Gasteiger partial charge in [0.05, 0.1) is 42.4 Å². The summed E-state index contributed by atoms with van der Waals surface area (Å²) in [7, 11) is 0. The van der Waals surface area contributed by atoms with Crippen molar-refractivity contribution in [2.75, 3.05) is 65.6 Å². The van der Waals surface area contributed by atoms with Crippen molar-refractivity contribution in [1.82, 2.24) is 19.6 Å². The second-order valence-corrected chi connectivity index (χ2v) is 14.5. The van der Waals surface area contributed by atoms with Crippen LogP contribution in [0.25, 0.3) is 0 Å². The van der Waals surface area contributed by atoms with E-state index in [-0.39, 0.29) is 35.5 Å². The number of thioether (sulfide) groups is 1. The Labute approximate surface area is 272 Å². The number of likely N-dealkylation sites (tertiary alicyclic amines) is 1. The Kier molecular flexibility index (Phi) is 11.1. The molecule has 0 aliphatic carbocycles. The number of amides is 3. The molecule has 7 atom stereocenters. The molecule has 1 spiro atoms. The smallest absolute Gasteiger partial charge is 0.247 e. The van der Waals surface area contributed by atoms with Crippen LogP contribution in [0.2, 0.25) is 0 Å². The second-order valence-electron chi connectivity index (χ2n) is 12.9. The molecule has 4 aliphatic rings. The molecule has 0 aromatic heterocycles. The molecule has 45 heavy (non-hydrogen) atoms. The van der Waals surface area contributed by atoms with Gasteiger partial charge in [-0.2, -0.15) is 0 Å². The van der Waals surface area contributed by atoms with E-state index in [0.29, 0.717) is 52.4 Å². The third-order valence-corrected chi connectivity index (χ3v) is 12.3. The van der Waals surface area contributed by atoms with Gasteiger partial charge in [-0.1, -0.05) is 56.3 Å². The highest BCUT2D eigenvalue weighted by Gasteiger charge is 2.77. The van der Waals surface area contributed by atoms with Crippen LogP contribution in [0.4, 0.5) is 0 Å². The van der Waals surface area contributed by atoms with Crippen molar-refractivity contribution in [3.8, 4) is 0 Å². The fourth-order valence-electron chi connectivity index (χ4n) is 8.19. The molecule has 0 saturated carbocycles. The summed E-state index contributed by atoms with van der Waals surface area (Å²) < 4.78 is 4.76. The van der Waals surface area contributed by atoms with Crippen LogP contribution in [-0.2, 0) is 25.5 Å². The number of ether oxygens (including phenoxy) is 1. The monoisotopic (exact) mass is 638 g/mol. The van der Waals surface area contributed by atoms with Crippen LogP contribution >= 0.6 is 11.8 Å². The fourth-order valence-corrected chi connectivity index (χ4v) is 10.6. The Morgan fingerprint density at radius 2 is 1.78 bits per heavy atom. The maximum Gasteiger partial charge on any atom is 0.247 e. The van der Waals surface area contributed by atoms with Crippen molar-refractivity contribution < 1.29 is 24.2 Å². The summed E-state index contributed by atoms with van der Waals surface area (Å²) in [5.41, 5.74) is 0.984. The van der Waals surface area contributed by atoms with Crippen LogP contribution in [0.5, 0.6) is 0 Å². The van der Waals surface area contributed by atoms with Gasteiger partial charge in [-0.15, -0.1) is 24.9 Å². The molecule has 4 heterocycles. The molecule has 1 N–H and O–H groups in total. The molecule has 9 nitrogen and oxygen atoms in total. The molecule has 3 unspecified atom stereocenters. The Hall–Kier alpha value is -2.66. The molecular formula is C35H50N4O5S. The van der Waals surface area contributed by atoms with Crippen molar-refractivity contribution in [2.24, 2.45) is 17.8 Å². The molecule has 246 valence electrons. The van der Waals surface area contributed by atoms with E-state index in [0.717, 1.165) is 31.5 Å². The number of rotatable bonds is 15. The maximum atomic E-state index is 15.0. The predicted molar refractivity (Wildman–Crippen MR) is 178 cm³/mol. The lowest BCUT2D eigenvalue weighted by Gasteiger charge is -2.42. The van der Waals surface area contributed by atoms with Crippen LogP contribution in [0.1, 0.15) is 32.3 Å². The maximum absolute atomic E-state index is 15.0. The topological polar surface area (TPSA) is 93.6 Å². The standard InChI is InChI=1S/C35H50N4O5S/c1-5-13-37(14-6-2)32(41)29-28-22-25(4)35(45-28)30(29)33(42)39(27(24-40)23-26-11-9-8-10-12-26)31(35)34(43)38(15-7-3)17-16-36-18-20-44-21-19-36/h5,7-12,25,27-31,40H,1,3,6,13-24H2,2,4H3/t25?,27-,28+,29-,30+,31?,35?/m1/s1.